The third-order valence-corrected chi connectivity index (χ3v) is 3.66. The third-order valence-electron chi connectivity index (χ3n) is 3.66. The Morgan fingerprint density at radius 3 is 2.56 bits per heavy atom. The van der Waals surface area contributed by atoms with Crippen LogP contribution in [0.25, 0.3) is 0 Å². The van der Waals surface area contributed by atoms with E-state index < -0.39 is 0 Å². The van der Waals surface area contributed by atoms with Gasteiger partial charge < -0.3 is 15.0 Å². The zero-order valence-corrected chi connectivity index (χ0v) is 14.4. The van der Waals surface area contributed by atoms with Gasteiger partial charge in [-0.1, -0.05) is 24.3 Å². The molecule has 0 aliphatic rings. The largest absolute Gasteiger partial charge is 0.383 e. The first-order chi connectivity index (χ1) is 12.2. The number of benzene rings is 1. The van der Waals surface area contributed by atoms with Crippen molar-refractivity contribution in [1.29, 1.82) is 0 Å². The maximum absolute atomic E-state index is 12.5. The first kappa shape index (κ1) is 18.6. The summed E-state index contributed by atoms with van der Waals surface area (Å²) >= 11 is 0. The molecule has 1 heterocycles. The minimum atomic E-state index is -0.179. The van der Waals surface area contributed by atoms with Crippen LogP contribution in [0.2, 0.25) is 0 Å². The summed E-state index contributed by atoms with van der Waals surface area (Å²) in [5.74, 6) is -0.224. The van der Waals surface area contributed by atoms with E-state index in [4.69, 9.17) is 4.74 Å². The second-order valence-corrected chi connectivity index (χ2v) is 5.50. The fourth-order valence-electron chi connectivity index (χ4n) is 2.31. The Hall–Kier alpha value is -2.73. The highest BCUT2D eigenvalue weighted by Crippen LogP contribution is 2.04. The highest BCUT2D eigenvalue weighted by atomic mass is 16.5. The predicted octanol–water partition coefficient (Wildman–Crippen LogP) is 1.88. The second-order valence-electron chi connectivity index (χ2n) is 5.50. The summed E-state index contributed by atoms with van der Waals surface area (Å²) in [6.45, 7) is 1.65. The van der Waals surface area contributed by atoms with Gasteiger partial charge in [0.2, 0.25) is 5.91 Å². The fourth-order valence-corrected chi connectivity index (χ4v) is 2.31. The molecular formula is C19H23N3O3. The highest BCUT2D eigenvalue weighted by Gasteiger charge is 2.15. The zero-order valence-electron chi connectivity index (χ0n) is 14.4. The lowest BCUT2D eigenvalue weighted by Crippen LogP contribution is -2.36. The van der Waals surface area contributed by atoms with Gasteiger partial charge in [0.15, 0.2) is 0 Å². The van der Waals surface area contributed by atoms with E-state index in [1.165, 1.54) is 0 Å². The molecule has 1 aromatic heterocycles. The molecule has 2 aromatic rings. The van der Waals surface area contributed by atoms with Crippen LogP contribution in [-0.4, -0.2) is 48.5 Å². The number of methoxy groups -OCH3 is 1. The molecule has 0 atom stereocenters. The highest BCUT2D eigenvalue weighted by molar-refractivity contribution is 5.94. The van der Waals surface area contributed by atoms with Gasteiger partial charge in [0.1, 0.15) is 0 Å². The van der Waals surface area contributed by atoms with Crippen LogP contribution in [0.15, 0.2) is 54.7 Å². The molecule has 2 rings (SSSR count). The first-order valence-corrected chi connectivity index (χ1v) is 8.20. The van der Waals surface area contributed by atoms with Crippen LogP contribution >= 0.6 is 0 Å². The van der Waals surface area contributed by atoms with Crippen LogP contribution in [0.5, 0.6) is 0 Å². The minimum absolute atomic E-state index is 0.0453. The van der Waals surface area contributed by atoms with E-state index in [9.17, 15) is 9.59 Å². The Morgan fingerprint density at radius 1 is 1.12 bits per heavy atom. The summed E-state index contributed by atoms with van der Waals surface area (Å²) in [6.07, 6.45) is 1.93. The van der Waals surface area contributed by atoms with E-state index in [2.05, 4.69) is 10.3 Å². The number of carbonyl (C=O) groups is 2. The number of nitrogens with zero attached hydrogens (tertiary/aromatic N) is 2. The molecule has 25 heavy (non-hydrogen) atoms. The molecule has 132 valence electrons. The Bertz CT molecular complexity index is 662. The summed E-state index contributed by atoms with van der Waals surface area (Å²) in [4.78, 5) is 30.4. The molecule has 0 saturated heterocycles. The average Bonchev–Trinajstić information content (AvgIpc) is 2.66. The van der Waals surface area contributed by atoms with Gasteiger partial charge in [-0.3, -0.25) is 14.6 Å². The van der Waals surface area contributed by atoms with Crippen molar-refractivity contribution in [3.8, 4) is 0 Å². The van der Waals surface area contributed by atoms with Gasteiger partial charge >= 0.3 is 0 Å². The van der Waals surface area contributed by atoms with E-state index in [1.54, 1.807) is 42.5 Å². The maximum Gasteiger partial charge on any atom is 0.251 e. The van der Waals surface area contributed by atoms with Gasteiger partial charge in [0.05, 0.1) is 18.8 Å². The van der Waals surface area contributed by atoms with Crippen LogP contribution in [0.4, 0.5) is 0 Å². The maximum atomic E-state index is 12.5. The van der Waals surface area contributed by atoms with Gasteiger partial charge in [0, 0.05) is 38.4 Å². The first-order valence-electron chi connectivity index (χ1n) is 8.20. The predicted molar refractivity (Wildman–Crippen MR) is 94.9 cm³/mol. The van der Waals surface area contributed by atoms with Crippen LogP contribution in [-0.2, 0) is 16.1 Å². The van der Waals surface area contributed by atoms with E-state index in [1.807, 2.05) is 24.3 Å². The Balaban J connectivity index is 1.85. The van der Waals surface area contributed by atoms with E-state index >= 15 is 0 Å². The lowest BCUT2D eigenvalue weighted by Gasteiger charge is -2.22. The normalized spacial score (nSPS) is 10.3. The molecule has 0 saturated carbocycles. The minimum Gasteiger partial charge on any atom is -0.383 e. The molecule has 0 radical (unpaired) electrons. The fraction of sp³-hybridized carbons (Fsp3) is 0.316. The molecule has 0 aliphatic carbocycles. The molecule has 6 nitrogen and oxygen atoms in total. The molecule has 6 heteroatoms. The molecule has 2 amide bonds. The van der Waals surface area contributed by atoms with Gasteiger partial charge in [-0.05, 0) is 24.3 Å². The summed E-state index contributed by atoms with van der Waals surface area (Å²) in [7, 11) is 1.60. The van der Waals surface area contributed by atoms with Crippen molar-refractivity contribution in [1.82, 2.24) is 15.2 Å². The van der Waals surface area contributed by atoms with Crippen molar-refractivity contribution in [2.75, 3.05) is 26.8 Å². The molecule has 0 spiro atoms. The summed E-state index contributed by atoms with van der Waals surface area (Å²) in [5.41, 5.74) is 1.40. The number of hydrogen-bond acceptors (Lipinski definition) is 4. The van der Waals surface area contributed by atoms with Crippen molar-refractivity contribution in [3.05, 3.63) is 66.0 Å². The number of rotatable bonds is 9. The SMILES string of the molecule is COCCN(Cc1ccccn1)C(=O)CCNC(=O)c1ccccc1. The topological polar surface area (TPSA) is 71.5 Å². The van der Waals surface area contributed by atoms with Crippen molar-refractivity contribution < 1.29 is 14.3 Å². The third kappa shape index (κ3) is 6.35. The second kappa shape index (κ2) is 10.2. The zero-order chi connectivity index (χ0) is 17.9. The van der Waals surface area contributed by atoms with Gasteiger partial charge in [-0.2, -0.15) is 0 Å². The summed E-state index contributed by atoms with van der Waals surface area (Å²) in [6, 6.07) is 14.5. The van der Waals surface area contributed by atoms with E-state index in [0.29, 0.717) is 25.3 Å². The Kier molecular flexibility index (Phi) is 7.59. The number of ether oxygens (including phenoxy) is 1. The van der Waals surface area contributed by atoms with Crippen molar-refractivity contribution >= 4 is 11.8 Å². The van der Waals surface area contributed by atoms with Crippen LogP contribution in [0.3, 0.4) is 0 Å². The lowest BCUT2D eigenvalue weighted by atomic mass is 10.2. The molecular weight excluding hydrogens is 318 g/mol. The quantitative estimate of drug-likeness (QED) is 0.756. The van der Waals surface area contributed by atoms with E-state index in [-0.39, 0.29) is 24.8 Å². The Labute approximate surface area is 147 Å². The summed E-state index contributed by atoms with van der Waals surface area (Å²) in [5, 5.41) is 2.77. The average molecular weight is 341 g/mol. The molecule has 0 bridgehead atoms. The lowest BCUT2D eigenvalue weighted by molar-refractivity contribution is -0.132. The van der Waals surface area contributed by atoms with Gasteiger partial charge in [-0.25, -0.2) is 0 Å². The number of carbonyl (C=O) groups excluding carboxylic acids is 2. The summed E-state index contributed by atoms with van der Waals surface area (Å²) < 4.78 is 5.08. The molecule has 0 unspecified atom stereocenters. The van der Waals surface area contributed by atoms with Crippen LogP contribution < -0.4 is 5.32 Å². The van der Waals surface area contributed by atoms with E-state index in [0.717, 1.165) is 5.69 Å². The number of hydrogen-bond donors (Lipinski definition) is 1. The number of nitrogens with one attached hydrogen (secondary N) is 1. The van der Waals surface area contributed by atoms with Gasteiger partial charge in [-0.15, -0.1) is 0 Å². The van der Waals surface area contributed by atoms with Crippen molar-refractivity contribution in [2.45, 2.75) is 13.0 Å². The number of amides is 2. The van der Waals surface area contributed by atoms with Gasteiger partial charge in [0.25, 0.3) is 5.91 Å². The monoisotopic (exact) mass is 341 g/mol. The molecule has 1 aromatic carbocycles. The van der Waals surface area contributed by atoms with Crippen molar-refractivity contribution in [3.63, 3.8) is 0 Å². The molecule has 1 N–H and O–H groups in total. The molecule has 0 fully saturated rings. The number of aromatic nitrogens is 1. The number of pyridine rings is 1. The molecule has 0 aliphatic heterocycles. The standard InChI is InChI=1S/C19H23N3O3/c1-25-14-13-22(15-17-9-5-6-11-20-17)18(23)10-12-21-19(24)16-7-3-2-4-8-16/h2-9,11H,10,12-15H2,1H3,(H,21,24). The van der Waals surface area contributed by atoms with Crippen LogP contribution in [0.1, 0.15) is 22.5 Å². The smallest absolute Gasteiger partial charge is 0.251 e. The van der Waals surface area contributed by atoms with Crippen LogP contribution in [0, 0.1) is 0 Å². The Morgan fingerprint density at radius 2 is 1.88 bits per heavy atom. The van der Waals surface area contributed by atoms with Crippen molar-refractivity contribution in [2.24, 2.45) is 0 Å².